The molecule has 2 heteroatoms. The molecule has 1 rings (SSSR count). The molecule has 0 bridgehead atoms. The Hall–Kier alpha value is -1.96. The fraction of sp³-hybridized carbons (Fsp3) is 0. The summed E-state index contributed by atoms with van der Waals surface area (Å²) in [6, 6.07) is 9.78. The number of allylic oxidation sites excluding steroid dienone is 2. The lowest BCUT2D eigenvalue weighted by atomic mass is 10.2. The molecule has 1 aromatic rings. The van der Waals surface area contributed by atoms with Crippen molar-refractivity contribution in [2.24, 2.45) is 5.73 Å². The van der Waals surface area contributed by atoms with Crippen molar-refractivity contribution in [2.75, 3.05) is 5.32 Å². The van der Waals surface area contributed by atoms with Crippen molar-refractivity contribution in [1.82, 2.24) is 0 Å². The summed E-state index contributed by atoms with van der Waals surface area (Å²) < 4.78 is 0. The summed E-state index contributed by atoms with van der Waals surface area (Å²) in [6.45, 7) is 7.28. The van der Waals surface area contributed by atoms with Crippen molar-refractivity contribution in [2.45, 2.75) is 0 Å². The summed E-state index contributed by atoms with van der Waals surface area (Å²) in [5.74, 6) is 0. The Labute approximate surface area is 84.4 Å². The van der Waals surface area contributed by atoms with Gasteiger partial charge in [-0.25, -0.2) is 0 Å². The first kappa shape index (κ1) is 10.1. The molecule has 14 heavy (non-hydrogen) atoms. The average molecular weight is 186 g/mol. The van der Waals surface area contributed by atoms with Crippen molar-refractivity contribution in [1.29, 1.82) is 0 Å². The van der Waals surface area contributed by atoms with Gasteiger partial charge in [0.2, 0.25) is 0 Å². The van der Waals surface area contributed by atoms with Crippen molar-refractivity contribution < 1.29 is 0 Å². The fourth-order valence-electron chi connectivity index (χ4n) is 1.03. The van der Waals surface area contributed by atoms with Crippen LogP contribution < -0.4 is 11.1 Å². The van der Waals surface area contributed by atoms with Gasteiger partial charge in [0.1, 0.15) is 0 Å². The number of hydrogen-bond donors (Lipinski definition) is 2. The lowest BCUT2D eigenvalue weighted by Gasteiger charge is -2.08. The summed E-state index contributed by atoms with van der Waals surface area (Å²) in [5.41, 5.74) is 8.04. The van der Waals surface area contributed by atoms with Gasteiger partial charge in [0.15, 0.2) is 0 Å². The third-order valence-corrected chi connectivity index (χ3v) is 1.79. The first-order chi connectivity index (χ1) is 6.77. The highest BCUT2D eigenvalue weighted by Crippen LogP contribution is 2.10. The molecular formula is C12H14N2. The van der Waals surface area contributed by atoms with E-state index in [1.807, 2.05) is 30.3 Å². The molecule has 1 aromatic carbocycles. The largest absolute Gasteiger partial charge is 0.397 e. The van der Waals surface area contributed by atoms with Gasteiger partial charge >= 0.3 is 0 Å². The molecule has 0 unspecified atom stereocenters. The number of para-hydroxylation sites is 1. The SMILES string of the molecule is C=C/C(N)=C(\C=C)Nc1ccccc1. The van der Waals surface area contributed by atoms with Crippen LogP contribution in [0, 0.1) is 0 Å². The van der Waals surface area contributed by atoms with Crippen LogP contribution in [-0.4, -0.2) is 0 Å². The molecule has 0 aromatic heterocycles. The predicted molar refractivity (Wildman–Crippen MR) is 61.7 cm³/mol. The summed E-state index contributed by atoms with van der Waals surface area (Å²) >= 11 is 0. The molecule has 0 aliphatic rings. The van der Waals surface area contributed by atoms with Crippen molar-refractivity contribution in [3.05, 3.63) is 67.0 Å². The van der Waals surface area contributed by atoms with Crippen LogP contribution in [0.3, 0.4) is 0 Å². The second-order valence-electron chi connectivity index (χ2n) is 2.77. The van der Waals surface area contributed by atoms with Crippen LogP contribution in [0.2, 0.25) is 0 Å². The van der Waals surface area contributed by atoms with Crippen molar-refractivity contribution in [3.63, 3.8) is 0 Å². The Morgan fingerprint density at radius 1 is 1.14 bits per heavy atom. The van der Waals surface area contributed by atoms with Crippen LogP contribution in [0.1, 0.15) is 0 Å². The van der Waals surface area contributed by atoms with Gasteiger partial charge in [-0.3, -0.25) is 0 Å². The van der Waals surface area contributed by atoms with E-state index in [9.17, 15) is 0 Å². The number of anilines is 1. The summed E-state index contributed by atoms with van der Waals surface area (Å²) in [7, 11) is 0. The van der Waals surface area contributed by atoms with Gasteiger partial charge in [0, 0.05) is 5.69 Å². The predicted octanol–water partition coefficient (Wildman–Crippen LogP) is 2.64. The van der Waals surface area contributed by atoms with Gasteiger partial charge in [0.05, 0.1) is 11.4 Å². The van der Waals surface area contributed by atoms with Crippen LogP contribution in [-0.2, 0) is 0 Å². The third-order valence-electron chi connectivity index (χ3n) is 1.79. The van der Waals surface area contributed by atoms with E-state index in [-0.39, 0.29) is 0 Å². The van der Waals surface area contributed by atoms with Gasteiger partial charge in [-0.1, -0.05) is 31.4 Å². The molecule has 2 nitrogen and oxygen atoms in total. The third kappa shape index (κ3) is 2.52. The summed E-state index contributed by atoms with van der Waals surface area (Å²) in [6.07, 6.45) is 3.26. The molecule has 0 heterocycles. The van der Waals surface area contributed by atoms with E-state index in [2.05, 4.69) is 18.5 Å². The van der Waals surface area contributed by atoms with Crippen molar-refractivity contribution in [3.8, 4) is 0 Å². The van der Waals surface area contributed by atoms with E-state index in [4.69, 9.17) is 5.73 Å². The Morgan fingerprint density at radius 2 is 1.79 bits per heavy atom. The molecule has 0 aliphatic heterocycles. The first-order valence-corrected chi connectivity index (χ1v) is 4.34. The van der Waals surface area contributed by atoms with E-state index < -0.39 is 0 Å². The van der Waals surface area contributed by atoms with Crippen LogP contribution >= 0.6 is 0 Å². The lowest BCUT2D eigenvalue weighted by molar-refractivity contribution is 1.32. The molecule has 0 atom stereocenters. The van der Waals surface area contributed by atoms with E-state index in [0.717, 1.165) is 11.4 Å². The Bertz CT molecular complexity index is 350. The molecule has 0 amide bonds. The molecule has 3 N–H and O–H groups in total. The van der Waals surface area contributed by atoms with E-state index in [1.54, 1.807) is 12.2 Å². The van der Waals surface area contributed by atoms with Crippen LogP contribution in [0.4, 0.5) is 5.69 Å². The number of hydrogen-bond acceptors (Lipinski definition) is 2. The Kier molecular flexibility index (Phi) is 3.56. The van der Waals surface area contributed by atoms with Crippen LogP contribution in [0.15, 0.2) is 67.0 Å². The number of rotatable bonds is 4. The monoisotopic (exact) mass is 186 g/mol. The second kappa shape index (κ2) is 4.92. The van der Waals surface area contributed by atoms with E-state index >= 15 is 0 Å². The summed E-state index contributed by atoms with van der Waals surface area (Å²) in [4.78, 5) is 0. The zero-order valence-corrected chi connectivity index (χ0v) is 8.03. The molecule has 72 valence electrons. The number of benzene rings is 1. The standard InChI is InChI=1S/C12H14N2/c1-3-11(13)12(4-2)14-10-8-6-5-7-9-10/h3-9,14H,1-2,13H2/b12-11-. The van der Waals surface area contributed by atoms with Crippen LogP contribution in [0.25, 0.3) is 0 Å². The minimum atomic E-state index is 0.587. The normalized spacial score (nSPS) is 11.4. The van der Waals surface area contributed by atoms with E-state index in [1.165, 1.54) is 0 Å². The zero-order valence-electron chi connectivity index (χ0n) is 8.03. The topological polar surface area (TPSA) is 38.0 Å². The maximum atomic E-state index is 5.70. The minimum Gasteiger partial charge on any atom is -0.397 e. The summed E-state index contributed by atoms with van der Waals surface area (Å²) in [5, 5.41) is 3.14. The maximum Gasteiger partial charge on any atom is 0.0611 e. The molecule has 0 radical (unpaired) electrons. The van der Waals surface area contributed by atoms with Gasteiger partial charge in [-0.2, -0.15) is 0 Å². The highest BCUT2D eigenvalue weighted by molar-refractivity contribution is 5.52. The van der Waals surface area contributed by atoms with Crippen LogP contribution in [0.5, 0.6) is 0 Å². The Balaban J connectivity index is 2.87. The molecular weight excluding hydrogens is 172 g/mol. The van der Waals surface area contributed by atoms with Gasteiger partial charge in [-0.05, 0) is 24.3 Å². The second-order valence-corrected chi connectivity index (χ2v) is 2.77. The highest BCUT2D eigenvalue weighted by Gasteiger charge is 1.96. The zero-order chi connectivity index (χ0) is 10.4. The van der Waals surface area contributed by atoms with Gasteiger partial charge in [-0.15, -0.1) is 0 Å². The lowest BCUT2D eigenvalue weighted by Crippen LogP contribution is -2.05. The maximum absolute atomic E-state index is 5.70. The fourth-order valence-corrected chi connectivity index (χ4v) is 1.03. The molecule has 0 fully saturated rings. The number of nitrogens with one attached hydrogen (secondary N) is 1. The Morgan fingerprint density at radius 3 is 2.29 bits per heavy atom. The average Bonchev–Trinajstić information content (AvgIpc) is 2.26. The molecule has 0 aliphatic carbocycles. The van der Waals surface area contributed by atoms with Crippen molar-refractivity contribution >= 4 is 5.69 Å². The van der Waals surface area contributed by atoms with E-state index in [0.29, 0.717) is 5.70 Å². The first-order valence-electron chi connectivity index (χ1n) is 4.34. The minimum absolute atomic E-state index is 0.587. The molecule has 0 saturated heterocycles. The smallest absolute Gasteiger partial charge is 0.0611 e. The molecule has 0 saturated carbocycles. The van der Waals surface area contributed by atoms with Gasteiger partial charge < -0.3 is 11.1 Å². The molecule has 0 spiro atoms. The van der Waals surface area contributed by atoms with Gasteiger partial charge in [0.25, 0.3) is 0 Å². The number of nitrogens with two attached hydrogens (primary N) is 1. The quantitative estimate of drug-likeness (QED) is 0.709. The highest BCUT2D eigenvalue weighted by atomic mass is 14.9.